The Morgan fingerprint density at radius 3 is 2.36 bits per heavy atom. The zero-order chi connectivity index (χ0) is 17.4. The molecular formula is C19H15NO5. The number of benzene rings is 2. The average Bonchev–Trinajstić information content (AvgIpc) is 3.17. The SMILES string of the molecule is O=C(OCCN1C(=O)c2ccccc2C1=O)[C@@H]1Cc2ccccc2O1. The van der Waals surface area contributed by atoms with Crippen molar-refractivity contribution in [2.24, 2.45) is 0 Å². The fourth-order valence-electron chi connectivity index (χ4n) is 3.09. The Bertz CT molecular complexity index is 816. The van der Waals surface area contributed by atoms with Crippen LogP contribution in [0, 0.1) is 0 Å². The van der Waals surface area contributed by atoms with Gasteiger partial charge in [0.05, 0.1) is 17.7 Å². The monoisotopic (exact) mass is 337 g/mol. The second-order valence-corrected chi connectivity index (χ2v) is 5.89. The van der Waals surface area contributed by atoms with Crippen molar-refractivity contribution in [1.29, 1.82) is 0 Å². The summed E-state index contributed by atoms with van der Waals surface area (Å²) >= 11 is 0. The van der Waals surface area contributed by atoms with Gasteiger partial charge in [-0.15, -0.1) is 0 Å². The Kier molecular flexibility index (Phi) is 3.72. The topological polar surface area (TPSA) is 72.9 Å². The minimum Gasteiger partial charge on any atom is -0.478 e. The normalized spacial score (nSPS) is 17.9. The maximum atomic E-state index is 12.2. The maximum absolute atomic E-state index is 12.2. The first kappa shape index (κ1) is 15.4. The predicted octanol–water partition coefficient (Wildman–Crippen LogP) is 1.83. The summed E-state index contributed by atoms with van der Waals surface area (Å²) in [5.41, 5.74) is 1.73. The van der Waals surface area contributed by atoms with Gasteiger partial charge in [0.2, 0.25) is 0 Å². The Morgan fingerprint density at radius 2 is 1.68 bits per heavy atom. The third-order valence-electron chi connectivity index (χ3n) is 4.35. The van der Waals surface area contributed by atoms with Gasteiger partial charge in [0.25, 0.3) is 11.8 Å². The van der Waals surface area contributed by atoms with Crippen molar-refractivity contribution < 1.29 is 23.9 Å². The molecule has 2 aliphatic rings. The first-order valence-electron chi connectivity index (χ1n) is 8.01. The van der Waals surface area contributed by atoms with E-state index in [1.165, 1.54) is 0 Å². The number of imide groups is 1. The molecule has 25 heavy (non-hydrogen) atoms. The van der Waals surface area contributed by atoms with Gasteiger partial charge in [-0.3, -0.25) is 14.5 Å². The Balaban J connectivity index is 1.33. The van der Waals surface area contributed by atoms with Gasteiger partial charge in [-0.05, 0) is 23.8 Å². The van der Waals surface area contributed by atoms with Crippen molar-refractivity contribution in [3.8, 4) is 5.75 Å². The molecule has 0 fully saturated rings. The molecule has 0 unspecified atom stereocenters. The lowest BCUT2D eigenvalue weighted by Gasteiger charge is -2.15. The van der Waals surface area contributed by atoms with Crippen LogP contribution in [-0.4, -0.2) is 41.9 Å². The van der Waals surface area contributed by atoms with Crippen LogP contribution in [0.3, 0.4) is 0 Å². The fourth-order valence-corrected chi connectivity index (χ4v) is 3.09. The summed E-state index contributed by atoms with van der Waals surface area (Å²) in [6, 6.07) is 14.1. The molecule has 0 radical (unpaired) electrons. The van der Waals surface area contributed by atoms with Gasteiger partial charge in [-0.1, -0.05) is 30.3 Å². The summed E-state index contributed by atoms with van der Waals surface area (Å²) in [7, 11) is 0. The highest BCUT2D eigenvalue weighted by Crippen LogP contribution is 2.28. The average molecular weight is 337 g/mol. The second-order valence-electron chi connectivity index (χ2n) is 5.89. The number of nitrogens with zero attached hydrogens (tertiary/aromatic N) is 1. The van der Waals surface area contributed by atoms with E-state index in [1.54, 1.807) is 30.3 Å². The number of ether oxygens (including phenoxy) is 2. The van der Waals surface area contributed by atoms with Gasteiger partial charge in [0.1, 0.15) is 12.4 Å². The molecule has 0 saturated carbocycles. The van der Waals surface area contributed by atoms with Crippen LogP contribution in [-0.2, 0) is 16.0 Å². The van der Waals surface area contributed by atoms with Crippen LogP contribution < -0.4 is 4.74 Å². The predicted molar refractivity (Wildman–Crippen MR) is 87.3 cm³/mol. The van der Waals surface area contributed by atoms with E-state index < -0.39 is 12.1 Å². The molecule has 6 heteroatoms. The molecule has 2 heterocycles. The summed E-state index contributed by atoms with van der Waals surface area (Å²) in [4.78, 5) is 37.7. The van der Waals surface area contributed by atoms with Crippen molar-refractivity contribution in [3.63, 3.8) is 0 Å². The number of esters is 1. The Morgan fingerprint density at radius 1 is 1.04 bits per heavy atom. The van der Waals surface area contributed by atoms with Crippen molar-refractivity contribution in [3.05, 3.63) is 65.2 Å². The minimum absolute atomic E-state index is 0.0256. The van der Waals surface area contributed by atoms with E-state index in [1.807, 2.05) is 18.2 Å². The summed E-state index contributed by atoms with van der Waals surface area (Å²) < 4.78 is 10.8. The van der Waals surface area contributed by atoms with E-state index in [9.17, 15) is 14.4 Å². The molecule has 0 spiro atoms. The van der Waals surface area contributed by atoms with Gasteiger partial charge in [0.15, 0.2) is 6.10 Å². The number of hydrogen-bond acceptors (Lipinski definition) is 5. The van der Waals surface area contributed by atoms with Crippen molar-refractivity contribution in [1.82, 2.24) is 4.90 Å². The quantitative estimate of drug-likeness (QED) is 0.629. The third kappa shape index (κ3) is 2.65. The minimum atomic E-state index is -0.681. The molecule has 6 nitrogen and oxygen atoms in total. The number of hydrogen-bond donors (Lipinski definition) is 0. The standard InChI is InChI=1S/C19H15NO5/c21-17-13-6-2-3-7-14(13)18(22)20(17)9-10-24-19(23)16-11-12-5-1-4-8-15(12)25-16/h1-8,16H,9-11H2/t16-/m0/s1. The zero-order valence-electron chi connectivity index (χ0n) is 13.3. The van der Waals surface area contributed by atoms with E-state index in [0.29, 0.717) is 23.3 Å². The van der Waals surface area contributed by atoms with Gasteiger partial charge >= 0.3 is 5.97 Å². The smallest absolute Gasteiger partial charge is 0.347 e. The molecule has 2 aliphatic heterocycles. The summed E-state index contributed by atoms with van der Waals surface area (Å²) in [6.45, 7) is -0.0295. The van der Waals surface area contributed by atoms with Crippen LogP contribution in [0.4, 0.5) is 0 Å². The number of carbonyl (C=O) groups excluding carboxylic acids is 3. The summed E-state index contributed by atoms with van der Waals surface area (Å²) in [5.74, 6) is -0.528. The van der Waals surface area contributed by atoms with Gasteiger partial charge in [-0.2, -0.15) is 0 Å². The molecule has 0 bridgehead atoms. The summed E-state index contributed by atoms with van der Waals surface area (Å²) in [6.07, 6.45) is -0.221. The number of fused-ring (bicyclic) bond motifs is 2. The lowest BCUT2D eigenvalue weighted by molar-refractivity contribution is -0.151. The molecule has 1 atom stereocenters. The largest absolute Gasteiger partial charge is 0.478 e. The first-order valence-corrected chi connectivity index (χ1v) is 8.01. The fraction of sp³-hybridized carbons (Fsp3) is 0.211. The first-order chi connectivity index (χ1) is 12.1. The van der Waals surface area contributed by atoms with E-state index in [4.69, 9.17) is 9.47 Å². The molecular weight excluding hydrogens is 322 g/mol. The maximum Gasteiger partial charge on any atom is 0.347 e. The van der Waals surface area contributed by atoms with Gasteiger partial charge in [0, 0.05) is 6.42 Å². The third-order valence-corrected chi connectivity index (χ3v) is 4.35. The van der Waals surface area contributed by atoms with E-state index in [-0.39, 0.29) is 25.0 Å². The number of para-hydroxylation sites is 1. The second kappa shape index (κ2) is 6.05. The van der Waals surface area contributed by atoms with Crippen LogP contribution in [0.1, 0.15) is 26.3 Å². The highest BCUT2D eigenvalue weighted by molar-refractivity contribution is 6.21. The molecule has 2 aromatic carbocycles. The molecule has 0 aliphatic carbocycles. The molecule has 4 rings (SSSR count). The molecule has 126 valence electrons. The van der Waals surface area contributed by atoms with Crippen LogP contribution in [0.5, 0.6) is 5.75 Å². The van der Waals surface area contributed by atoms with E-state index in [0.717, 1.165) is 10.5 Å². The zero-order valence-corrected chi connectivity index (χ0v) is 13.3. The Labute approximate surface area is 144 Å². The molecule has 2 amide bonds. The van der Waals surface area contributed by atoms with Crippen LogP contribution in [0.15, 0.2) is 48.5 Å². The van der Waals surface area contributed by atoms with Crippen LogP contribution in [0.2, 0.25) is 0 Å². The number of rotatable bonds is 4. The molecule has 0 N–H and O–H groups in total. The van der Waals surface area contributed by atoms with E-state index >= 15 is 0 Å². The van der Waals surface area contributed by atoms with E-state index in [2.05, 4.69) is 0 Å². The van der Waals surface area contributed by atoms with Crippen LogP contribution >= 0.6 is 0 Å². The molecule has 0 aromatic heterocycles. The Hall–Kier alpha value is -3.15. The molecule has 0 saturated heterocycles. The van der Waals surface area contributed by atoms with Crippen molar-refractivity contribution in [2.45, 2.75) is 12.5 Å². The van der Waals surface area contributed by atoms with Gasteiger partial charge in [-0.25, -0.2) is 4.79 Å². The number of carbonyl (C=O) groups is 3. The summed E-state index contributed by atoms with van der Waals surface area (Å²) in [5, 5.41) is 0. The highest BCUT2D eigenvalue weighted by atomic mass is 16.6. The lowest BCUT2D eigenvalue weighted by Crippen LogP contribution is -2.35. The highest BCUT2D eigenvalue weighted by Gasteiger charge is 2.35. The van der Waals surface area contributed by atoms with Crippen molar-refractivity contribution in [2.75, 3.05) is 13.2 Å². The lowest BCUT2D eigenvalue weighted by atomic mass is 10.1. The number of amides is 2. The van der Waals surface area contributed by atoms with Gasteiger partial charge < -0.3 is 9.47 Å². The van der Waals surface area contributed by atoms with Crippen molar-refractivity contribution >= 4 is 17.8 Å². The molecule has 2 aromatic rings. The van der Waals surface area contributed by atoms with Crippen LogP contribution in [0.25, 0.3) is 0 Å².